The Morgan fingerprint density at radius 1 is 1.22 bits per heavy atom. The van der Waals surface area contributed by atoms with Crippen molar-refractivity contribution in [1.82, 2.24) is 9.97 Å². The highest BCUT2D eigenvalue weighted by atomic mass is 35.5. The Morgan fingerprint density at radius 3 is 2.67 bits per heavy atom. The van der Waals surface area contributed by atoms with E-state index in [0.717, 1.165) is 0 Å². The van der Waals surface area contributed by atoms with Crippen molar-refractivity contribution >= 4 is 34.8 Å². The number of hydrogen-bond acceptors (Lipinski definition) is 3. The van der Waals surface area contributed by atoms with Gasteiger partial charge >= 0.3 is 0 Å². The molecule has 0 spiro atoms. The van der Waals surface area contributed by atoms with Crippen LogP contribution in [0, 0.1) is 6.92 Å². The molecule has 0 radical (unpaired) electrons. The number of hydrogen-bond donors (Lipinski definition) is 1. The van der Waals surface area contributed by atoms with Gasteiger partial charge in [0, 0.05) is 11.9 Å². The van der Waals surface area contributed by atoms with Gasteiger partial charge in [-0.05, 0) is 31.2 Å². The lowest BCUT2D eigenvalue weighted by molar-refractivity contribution is 0.102. The van der Waals surface area contributed by atoms with Crippen molar-refractivity contribution in [2.24, 2.45) is 0 Å². The summed E-state index contributed by atoms with van der Waals surface area (Å²) in [5.41, 5.74) is 0.860. The molecule has 0 atom stereocenters. The van der Waals surface area contributed by atoms with Crippen LogP contribution in [0.4, 0.5) is 5.69 Å². The van der Waals surface area contributed by atoms with Crippen LogP contribution in [0.2, 0.25) is 10.0 Å². The molecule has 1 aromatic heterocycles. The molecule has 0 aliphatic heterocycles. The number of halogens is 2. The van der Waals surface area contributed by atoms with Crippen molar-refractivity contribution in [1.29, 1.82) is 0 Å². The van der Waals surface area contributed by atoms with E-state index in [4.69, 9.17) is 23.2 Å². The second-order valence-electron chi connectivity index (χ2n) is 3.57. The van der Waals surface area contributed by atoms with Gasteiger partial charge in [0.25, 0.3) is 5.91 Å². The molecule has 0 saturated heterocycles. The number of carbonyl (C=O) groups is 1. The first-order valence-electron chi connectivity index (χ1n) is 5.12. The highest BCUT2D eigenvalue weighted by Gasteiger charge is 2.09. The summed E-state index contributed by atoms with van der Waals surface area (Å²) < 4.78 is 0. The fourth-order valence-electron chi connectivity index (χ4n) is 1.35. The van der Waals surface area contributed by atoms with E-state index in [1.165, 1.54) is 6.20 Å². The number of nitrogens with one attached hydrogen (secondary N) is 1. The van der Waals surface area contributed by atoms with E-state index in [2.05, 4.69) is 15.3 Å². The Morgan fingerprint density at radius 2 is 2.00 bits per heavy atom. The van der Waals surface area contributed by atoms with Gasteiger partial charge in [-0.2, -0.15) is 0 Å². The van der Waals surface area contributed by atoms with Gasteiger partial charge < -0.3 is 5.32 Å². The number of carbonyl (C=O) groups excluding carboxylic acids is 1. The maximum Gasteiger partial charge on any atom is 0.274 e. The van der Waals surface area contributed by atoms with Crippen LogP contribution >= 0.6 is 23.2 Å². The topological polar surface area (TPSA) is 54.9 Å². The van der Waals surface area contributed by atoms with Crippen molar-refractivity contribution in [2.45, 2.75) is 6.92 Å². The van der Waals surface area contributed by atoms with Crippen molar-refractivity contribution < 1.29 is 4.79 Å². The maximum absolute atomic E-state index is 11.9. The fraction of sp³-hybridized carbons (Fsp3) is 0.0833. The van der Waals surface area contributed by atoms with E-state index >= 15 is 0 Å². The summed E-state index contributed by atoms with van der Waals surface area (Å²) in [6.45, 7) is 1.72. The van der Waals surface area contributed by atoms with Crippen LogP contribution in [0.5, 0.6) is 0 Å². The molecule has 0 bridgehead atoms. The van der Waals surface area contributed by atoms with Gasteiger partial charge in [-0.1, -0.05) is 23.2 Å². The molecule has 0 fully saturated rings. The first-order chi connectivity index (χ1) is 8.56. The Kier molecular flexibility index (Phi) is 3.79. The highest BCUT2D eigenvalue weighted by Crippen LogP contribution is 2.25. The summed E-state index contributed by atoms with van der Waals surface area (Å²) in [7, 11) is 0. The zero-order valence-electron chi connectivity index (χ0n) is 9.45. The van der Waals surface area contributed by atoms with Crippen LogP contribution in [0.1, 0.15) is 16.3 Å². The van der Waals surface area contributed by atoms with Crippen LogP contribution in [-0.4, -0.2) is 15.9 Å². The van der Waals surface area contributed by atoms with Crippen LogP contribution in [-0.2, 0) is 0 Å². The Labute approximate surface area is 114 Å². The summed E-state index contributed by atoms with van der Waals surface area (Å²) in [6.07, 6.45) is 1.53. The minimum Gasteiger partial charge on any atom is -0.321 e. The number of aromatic nitrogens is 2. The molecule has 1 aromatic carbocycles. The summed E-state index contributed by atoms with van der Waals surface area (Å²) in [5.74, 6) is 0.218. The summed E-state index contributed by atoms with van der Waals surface area (Å²) in [6, 6.07) is 6.40. The zero-order valence-corrected chi connectivity index (χ0v) is 11.0. The predicted molar refractivity (Wildman–Crippen MR) is 71.2 cm³/mol. The molecule has 2 aromatic rings. The number of nitrogens with zero attached hydrogens (tertiary/aromatic N) is 2. The minimum atomic E-state index is -0.320. The van der Waals surface area contributed by atoms with E-state index in [-0.39, 0.29) is 5.91 Å². The minimum absolute atomic E-state index is 0.300. The third-order valence-electron chi connectivity index (χ3n) is 2.19. The van der Waals surface area contributed by atoms with Gasteiger partial charge in [0.15, 0.2) is 0 Å². The zero-order chi connectivity index (χ0) is 13.1. The quantitative estimate of drug-likeness (QED) is 0.919. The second kappa shape index (κ2) is 5.33. The normalized spacial score (nSPS) is 10.2. The predicted octanol–water partition coefficient (Wildman–Crippen LogP) is 3.34. The Bertz CT molecular complexity index is 602. The van der Waals surface area contributed by atoms with Crippen LogP contribution < -0.4 is 5.32 Å². The van der Waals surface area contributed by atoms with Crippen LogP contribution in [0.25, 0.3) is 0 Å². The summed E-state index contributed by atoms with van der Waals surface area (Å²) in [5, 5.41) is 3.50. The fourth-order valence-corrected chi connectivity index (χ4v) is 1.65. The maximum atomic E-state index is 11.9. The largest absolute Gasteiger partial charge is 0.321 e. The smallest absolute Gasteiger partial charge is 0.274 e. The molecule has 1 N–H and O–H groups in total. The average Bonchev–Trinajstić information content (AvgIpc) is 2.34. The Balaban J connectivity index is 2.18. The molecule has 4 nitrogen and oxygen atoms in total. The third kappa shape index (κ3) is 2.97. The summed E-state index contributed by atoms with van der Waals surface area (Å²) >= 11 is 11.6. The molecule has 0 saturated carbocycles. The van der Waals surface area contributed by atoms with Gasteiger partial charge in [0.05, 0.1) is 10.0 Å². The molecule has 0 aliphatic carbocycles. The molecule has 0 aliphatic rings. The molecule has 1 heterocycles. The first kappa shape index (κ1) is 12.8. The van der Waals surface area contributed by atoms with Gasteiger partial charge in [0.2, 0.25) is 0 Å². The second-order valence-corrected chi connectivity index (χ2v) is 4.39. The standard InChI is InChI=1S/C12H9Cl2N3O/c1-7-15-5-4-11(16-7)12(18)17-8-2-3-9(13)10(14)6-8/h2-6H,1H3,(H,17,18). The monoisotopic (exact) mass is 281 g/mol. The molecule has 6 heteroatoms. The average molecular weight is 282 g/mol. The lowest BCUT2D eigenvalue weighted by Crippen LogP contribution is -2.14. The summed E-state index contributed by atoms with van der Waals surface area (Å²) in [4.78, 5) is 19.8. The van der Waals surface area contributed by atoms with Crippen molar-refractivity contribution in [3.05, 3.63) is 52.0 Å². The molecule has 1 amide bonds. The van der Waals surface area contributed by atoms with E-state index in [1.807, 2.05) is 0 Å². The van der Waals surface area contributed by atoms with Gasteiger partial charge in [-0.25, -0.2) is 9.97 Å². The number of aryl methyl sites for hydroxylation is 1. The highest BCUT2D eigenvalue weighted by molar-refractivity contribution is 6.42. The van der Waals surface area contributed by atoms with Crippen molar-refractivity contribution in [2.75, 3.05) is 5.32 Å². The van der Waals surface area contributed by atoms with Gasteiger partial charge in [-0.15, -0.1) is 0 Å². The third-order valence-corrected chi connectivity index (χ3v) is 2.93. The Hall–Kier alpha value is -1.65. The SMILES string of the molecule is Cc1nccc(C(=O)Nc2ccc(Cl)c(Cl)c2)n1. The van der Waals surface area contributed by atoms with Crippen molar-refractivity contribution in [3.63, 3.8) is 0 Å². The number of amides is 1. The van der Waals surface area contributed by atoms with E-state index in [9.17, 15) is 4.79 Å². The molecular weight excluding hydrogens is 273 g/mol. The van der Waals surface area contributed by atoms with Crippen molar-refractivity contribution in [3.8, 4) is 0 Å². The van der Waals surface area contributed by atoms with Gasteiger partial charge in [-0.3, -0.25) is 4.79 Å². The molecular formula is C12H9Cl2N3O. The number of anilines is 1. The van der Waals surface area contributed by atoms with E-state index < -0.39 is 0 Å². The molecule has 18 heavy (non-hydrogen) atoms. The molecule has 2 rings (SSSR count). The number of rotatable bonds is 2. The van der Waals surface area contributed by atoms with Crippen LogP contribution in [0.3, 0.4) is 0 Å². The lowest BCUT2D eigenvalue weighted by atomic mass is 10.3. The van der Waals surface area contributed by atoms with E-state index in [1.54, 1.807) is 31.2 Å². The molecule has 0 unspecified atom stereocenters. The lowest BCUT2D eigenvalue weighted by Gasteiger charge is -2.06. The molecule has 92 valence electrons. The van der Waals surface area contributed by atoms with E-state index in [0.29, 0.717) is 27.3 Å². The number of benzene rings is 1. The van der Waals surface area contributed by atoms with Crippen LogP contribution in [0.15, 0.2) is 30.5 Å². The van der Waals surface area contributed by atoms with Gasteiger partial charge in [0.1, 0.15) is 11.5 Å². The first-order valence-corrected chi connectivity index (χ1v) is 5.88.